The fourth-order valence-corrected chi connectivity index (χ4v) is 4.57. The quantitative estimate of drug-likeness (QED) is 0.248. The van der Waals surface area contributed by atoms with Gasteiger partial charge in [0.05, 0.1) is 24.6 Å². The second-order valence-corrected chi connectivity index (χ2v) is 9.11. The van der Waals surface area contributed by atoms with Gasteiger partial charge in [0.2, 0.25) is 0 Å². The minimum absolute atomic E-state index is 0.0330. The molecule has 39 heavy (non-hydrogen) atoms. The Balaban J connectivity index is 1.33. The van der Waals surface area contributed by atoms with Crippen molar-refractivity contribution in [2.24, 2.45) is 11.1 Å². The highest BCUT2D eigenvalue weighted by Crippen LogP contribution is 2.34. The molecule has 2 aromatic carbocycles. The average Bonchev–Trinajstić information content (AvgIpc) is 2.95. The first kappa shape index (κ1) is 27.9. The molecule has 1 amide bonds. The Labute approximate surface area is 228 Å². The average molecular weight is 535 g/mol. The van der Waals surface area contributed by atoms with Crippen molar-refractivity contribution < 1.29 is 33.7 Å². The molecule has 206 valence electrons. The van der Waals surface area contributed by atoms with Gasteiger partial charge in [0, 0.05) is 18.9 Å². The maximum Gasteiger partial charge on any atom is 0.335 e. The van der Waals surface area contributed by atoms with Gasteiger partial charge < -0.3 is 29.1 Å². The van der Waals surface area contributed by atoms with Gasteiger partial charge in [-0.05, 0) is 61.7 Å². The number of esters is 1. The molecular formula is C30H34N2O7. The second-order valence-electron chi connectivity index (χ2n) is 9.11. The summed E-state index contributed by atoms with van der Waals surface area (Å²) in [6, 6.07) is 13.2. The number of fused-ring (bicyclic) bond motifs is 1. The molecule has 2 aromatic rings. The van der Waals surface area contributed by atoms with E-state index in [0.717, 1.165) is 11.1 Å². The lowest BCUT2D eigenvalue weighted by Crippen LogP contribution is -2.41. The van der Waals surface area contributed by atoms with Crippen LogP contribution < -0.4 is 14.4 Å². The Morgan fingerprint density at radius 1 is 1.13 bits per heavy atom. The van der Waals surface area contributed by atoms with Crippen LogP contribution in [0.5, 0.6) is 11.5 Å². The molecule has 4 rings (SSSR count). The fourth-order valence-electron chi connectivity index (χ4n) is 4.57. The van der Waals surface area contributed by atoms with Gasteiger partial charge in [0.25, 0.3) is 5.91 Å². The lowest BCUT2D eigenvalue weighted by atomic mass is 9.91. The van der Waals surface area contributed by atoms with Crippen molar-refractivity contribution >= 4 is 23.3 Å². The van der Waals surface area contributed by atoms with Crippen LogP contribution in [0.15, 0.2) is 71.9 Å². The molecule has 0 spiro atoms. The summed E-state index contributed by atoms with van der Waals surface area (Å²) in [5.41, 5.74) is 3.25. The molecule has 2 aliphatic rings. The summed E-state index contributed by atoms with van der Waals surface area (Å²) in [5.74, 6) is 0.767. The number of hydrogen-bond acceptors (Lipinski definition) is 8. The molecule has 9 nitrogen and oxygen atoms in total. The zero-order chi connectivity index (χ0) is 27.6. The highest BCUT2D eigenvalue weighted by atomic mass is 16.6. The van der Waals surface area contributed by atoms with E-state index in [1.807, 2.05) is 67.6 Å². The molecule has 0 fully saturated rings. The van der Waals surface area contributed by atoms with E-state index >= 15 is 0 Å². The number of ether oxygens (including phenoxy) is 4. The van der Waals surface area contributed by atoms with Crippen molar-refractivity contribution in [3.63, 3.8) is 0 Å². The molecule has 9 heteroatoms. The molecule has 0 aromatic heterocycles. The number of nitrogens with zero attached hydrogens (tertiary/aromatic N) is 2. The SMILES string of the molecule is CCOC(=O)C(Cc1ccc(OCCN2C(=O)COc3cc(CC4C=CC=CC4=NO)ccc32)cc1)OCC. The number of amides is 1. The Morgan fingerprint density at radius 3 is 2.67 bits per heavy atom. The smallest absolute Gasteiger partial charge is 0.335 e. The van der Waals surface area contributed by atoms with Crippen LogP contribution in [-0.4, -0.2) is 61.9 Å². The van der Waals surface area contributed by atoms with E-state index in [4.69, 9.17) is 18.9 Å². The first-order chi connectivity index (χ1) is 19.0. The van der Waals surface area contributed by atoms with Gasteiger partial charge in [-0.3, -0.25) is 4.79 Å². The predicted octanol–water partition coefficient (Wildman–Crippen LogP) is 4.12. The molecule has 1 aliphatic carbocycles. The standard InChI is InChI=1S/C30H34N2O7/c1-3-36-28(30(34)37-4-2)18-21-9-12-24(13-10-21)38-16-15-32-26-14-11-22(19-27(26)39-20-29(32)33)17-23-7-5-6-8-25(23)31-35/h5-14,19,23,28,35H,3-4,15-18,20H2,1-2H3. The largest absolute Gasteiger partial charge is 0.492 e. The Hall–Kier alpha value is -4.11. The highest BCUT2D eigenvalue weighted by Gasteiger charge is 2.26. The third-order valence-electron chi connectivity index (χ3n) is 6.49. The van der Waals surface area contributed by atoms with Crippen molar-refractivity contribution in [1.82, 2.24) is 0 Å². The second kappa shape index (κ2) is 13.6. The summed E-state index contributed by atoms with van der Waals surface area (Å²) >= 11 is 0. The lowest BCUT2D eigenvalue weighted by molar-refractivity contribution is -0.156. The zero-order valence-corrected chi connectivity index (χ0v) is 22.2. The molecule has 0 radical (unpaired) electrons. The van der Waals surface area contributed by atoms with Crippen LogP contribution in [0.25, 0.3) is 0 Å². The van der Waals surface area contributed by atoms with Crippen LogP contribution in [0.4, 0.5) is 5.69 Å². The summed E-state index contributed by atoms with van der Waals surface area (Å²) in [6.07, 6.45) is 7.97. The van der Waals surface area contributed by atoms with Crippen LogP contribution >= 0.6 is 0 Å². The first-order valence-corrected chi connectivity index (χ1v) is 13.1. The normalized spacial score (nSPS) is 18.0. The van der Waals surface area contributed by atoms with Gasteiger partial charge in [0.1, 0.15) is 18.1 Å². The van der Waals surface area contributed by atoms with Crippen molar-refractivity contribution in [1.29, 1.82) is 0 Å². The number of allylic oxidation sites excluding steroid dienone is 4. The molecule has 1 aliphatic heterocycles. The number of hydrogen-bond donors (Lipinski definition) is 1. The summed E-state index contributed by atoms with van der Waals surface area (Å²) in [5, 5.41) is 12.7. The molecule has 2 atom stereocenters. The van der Waals surface area contributed by atoms with E-state index in [9.17, 15) is 14.8 Å². The maximum absolute atomic E-state index is 12.6. The van der Waals surface area contributed by atoms with Crippen molar-refractivity contribution in [3.8, 4) is 11.5 Å². The van der Waals surface area contributed by atoms with Crippen LogP contribution in [0.3, 0.4) is 0 Å². The number of rotatable bonds is 12. The number of oxime groups is 1. The molecule has 1 heterocycles. The molecule has 0 saturated heterocycles. The zero-order valence-electron chi connectivity index (χ0n) is 22.2. The molecular weight excluding hydrogens is 500 g/mol. The van der Waals surface area contributed by atoms with E-state index in [-0.39, 0.29) is 24.4 Å². The lowest BCUT2D eigenvalue weighted by Gasteiger charge is -2.30. The summed E-state index contributed by atoms with van der Waals surface area (Å²) < 4.78 is 22.3. The number of benzene rings is 2. The van der Waals surface area contributed by atoms with E-state index in [1.54, 1.807) is 17.9 Å². The maximum atomic E-state index is 12.6. The van der Waals surface area contributed by atoms with Gasteiger partial charge in [-0.15, -0.1) is 0 Å². The Bertz CT molecular complexity index is 1240. The van der Waals surface area contributed by atoms with E-state index < -0.39 is 6.10 Å². The van der Waals surface area contributed by atoms with Gasteiger partial charge in [-0.2, -0.15) is 0 Å². The Morgan fingerprint density at radius 2 is 1.92 bits per heavy atom. The number of carbonyl (C=O) groups is 2. The van der Waals surface area contributed by atoms with Crippen LogP contribution in [-0.2, 0) is 31.9 Å². The highest BCUT2D eigenvalue weighted by molar-refractivity contribution is 5.99. The third-order valence-corrected chi connectivity index (χ3v) is 6.49. The Kier molecular flexibility index (Phi) is 9.74. The molecule has 2 unspecified atom stereocenters. The summed E-state index contributed by atoms with van der Waals surface area (Å²) in [4.78, 5) is 26.4. The van der Waals surface area contributed by atoms with Gasteiger partial charge in [-0.1, -0.05) is 41.6 Å². The van der Waals surface area contributed by atoms with E-state index in [1.165, 1.54) is 0 Å². The minimum Gasteiger partial charge on any atom is -0.492 e. The van der Waals surface area contributed by atoms with Crippen molar-refractivity contribution in [2.45, 2.75) is 32.8 Å². The van der Waals surface area contributed by atoms with Crippen LogP contribution in [0.2, 0.25) is 0 Å². The van der Waals surface area contributed by atoms with Crippen molar-refractivity contribution in [3.05, 3.63) is 77.9 Å². The fraction of sp³-hybridized carbons (Fsp3) is 0.367. The molecule has 0 bridgehead atoms. The van der Waals surface area contributed by atoms with E-state index in [0.29, 0.717) is 62.1 Å². The first-order valence-electron chi connectivity index (χ1n) is 13.1. The van der Waals surface area contributed by atoms with Crippen LogP contribution in [0, 0.1) is 5.92 Å². The van der Waals surface area contributed by atoms with Gasteiger partial charge in [-0.25, -0.2) is 4.79 Å². The van der Waals surface area contributed by atoms with Crippen molar-refractivity contribution in [2.75, 3.05) is 37.9 Å². The topological polar surface area (TPSA) is 107 Å². The predicted molar refractivity (Wildman–Crippen MR) is 147 cm³/mol. The number of anilines is 1. The summed E-state index contributed by atoms with van der Waals surface area (Å²) in [7, 11) is 0. The minimum atomic E-state index is -0.643. The number of carbonyl (C=O) groups excluding carboxylic acids is 2. The van der Waals surface area contributed by atoms with Crippen LogP contribution in [0.1, 0.15) is 25.0 Å². The summed E-state index contributed by atoms with van der Waals surface area (Å²) in [6.45, 7) is 4.96. The van der Waals surface area contributed by atoms with Gasteiger partial charge in [0.15, 0.2) is 12.7 Å². The molecule has 0 saturated carbocycles. The van der Waals surface area contributed by atoms with E-state index in [2.05, 4.69) is 5.16 Å². The third kappa shape index (κ3) is 7.26. The van der Waals surface area contributed by atoms with Gasteiger partial charge >= 0.3 is 5.97 Å². The monoisotopic (exact) mass is 534 g/mol. The molecule has 1 N–H and O–H groups in total.